The summed E-state index contributed by atoms with van der Waals surface area (Å²) in [6.45, 7) is -0.177. The van der Waals surface area contributed by atoms with Crippen molar-refractivity contribution >= 4 is 85.5 Å². The van der Waals surface area contributed by atoms with E-state index in [4.69, 9.17) is 16.3 Å². The van der Waals surface area contributed by atoms with Gasteiger partial charge in [-0.05, 0) is 99.3 Å². The number of nitrogens with zero attached hydrogens (tertiary/aromatic N) is 2. The number of carbonyl (C=O) groups is 1. The van der Waals surface area contributed by atoms with Crippen LogP contribution in [0, 0.1) is 7.14 Å². The number of hydrogen-bond acceptors (Lipinski definition) is 5. The molecule has 0 saturated heterocycles. The van der Waals surface area contributed by atoms with Crippen LogP contribution in [0.25, 0.3) is 10.9 Å². The Morgan fingerprint density at radius 2 is 1.76 bits per heavy atom. The van der Waals surface area contributed by atoms with Crippen LogP contribution in [0.3, 0.4) is 0 Å². The number of halogens is 3. The Kier molecular flexibility index (Phi) is 7.68. The fourth-order valence-electron chi connectivity index (χ4n) is 3.04. The van der Waals surface area contributed by atoms with E-state index in [-0.39, 0.29) is 12.5 Å². The minimum atomic E-state index is -0.629. The van der Waals surface area contributed by atoms with Crippen molar-refractivity contribution in [3.05, 3.63) is 99.2 Å². The Hall–Kier alpha value is -2.71. The molecule has 11 heteroatoms. The van der Waals surface area contributed by atoms with Gasteiger partial charge in [-0.15, -0.1) is 4.68 Å². The lowest BCUT2D eigenvalue weighted by Gasteiger charge is -2.11. The Morgan fingerprint density at radius 1 is 1.09 bits per heavy atom. The van der Waals surface area contributed by atoms with Crippen LogP contribution < -0.4 is 21.3 Å². The number of hydrogen-bond donors (Lipinski definition) is 2. The molecule has 0 aliphatic heterocycles. The zero-order valence-electron chi connectivity index (χ0n) is 17.2. The zero-order valence-corrected chi connectivity index (χ0v) is 22.3. The van der Waals surface area contributed by atoms with E-state index in [1.54, 1.807) is 60.7 Å². The third-order valence-corrected chi connectivity index (χ3v) is 6.46. The van der Waals surface area contributed by atoms with Gasteiger partial charge in [0.1, 0.15) is 5.75 Å². The minimum Gasteiger partial charge on any atom is -0.482 e. The number of carbonyl (C=O) groups excluding carboxylic acids is 1. The summed E-state index contributed by atoms with van der Waals surface area (Å²) in [5.74, 6) is 0.236. The molecule has 0 bridgehead atoms. The molecule has 4 aromatic rings. The molecule has 3 aromatic carbocycles. The van der Waals surface area contributed by atoms with Crippen LogP contribution in [0.15, 0.2) is 75.4 Å². The van der Waals surface area contributed by atoms with Gasteiger partial charge in [-0.3, -0.25) is 9.59 Å². The summed E-state index contributed by atoms with van der Waals surface area (Å²) in [5, 5.41) is 7.76. The Labute approximate surface area is 225 Å². The third-order valence-electron chi connectivity index (χ3n) is 4.60. The lowest BCUT2D eigenvalue weighted by molar-refractivity contribution is -0.118. The maximum atomic E-state index is 12.6. The number of para-hydroxylation sites is 1. The summed E-state index contributed by atoms with van der Waals surface area (Å²) >= 11 is 10.0. The summed E-state index contributed by atoms with van der Waals surface area (Å²) in [5.41, 5.74) is 0.594. The van der Waals surface area contributed by atoms with Crippen LogP contribution in [0.1, 0.15) is 5.56 Å². The second kappa shape index (κ2) is 10.7. The van der Waals surface area contributed by atoms with Gasteiger partial charge in [-0.25, -0.2) is 4.79 Å². The number of aromatic amines is 1. The standard InChI is InChI=1S/C23H15ClI2N4O4/c24-14-5-7-15(8-6-14)28-20(31)12-34-21-17(25)9-13(10-18(21)26)11-27-30-22(32)16-3-1-2-4-19(16)29-23(30)33/h1-11H,12H2,(H,28,31)(H,29,33). The van der Waals surface area contributed by atoms with Gasteiger partial charge in [0.15, 0.2) is 6.61 Å². The largest absolute Gasteiger partial charge is 0.482 e. The number of nitrogens with one attached hydrogen (secondary N) is 2. The average molecular weight is 701 g/mol. The number of H-pyrrole nitrogens is 1. The van der Waals surface area contributed by atoms with Crippen LogP contribution in [-0.4, -0.2) is 28.4 Å². The first-order chi connectivity index (χ1) is 16.3. The SMILES string of the molecule is O=C(COc1c(I)cc(C=Nn2c(=O)[nH]c3ccccc3c2=O)cc1I)Nc1ccc(Cl)cc1. The van der Waals surface area contributed by atoms with Gasteiger partial charge in [-0.1, -0.05) is 23.7 Å². The predicted molar refractivity (Wildman–Crippen MR) is 149 cm³/mol. The second-order valence-electron chi connectivity index (χ2n) is 6.99. The second-order valence-corrected chi connectivity index (χ2v) is 9.76. The molecule has 1 aromatic heterocycles. The number of aromatic nitrogens is 2. The highest BCUT2D eigenvalue weighted by Gasteiger charge is 2.12. The monoisotopic (exact) mass is 700 g/mol. The van der Waals surface area contributed by atoms with E-state index in [9.17, 15) is 14.4 Å². The molecule has 8 nitrogen and oxygen atoms in total. The van der Waals surface area contributed by atoms with Crippen LogP contribution in [-0.2, 0) is 4.79 Å². The van der Waals surface area contributed by atoms with Crippen molar-refractivity contribution in [2.75, 3.05) is 11.9 Å². The number of fused-ring (bicyclic) bond motifs is 1. The smallest absolute Gasteiger partial charge is 0.349 e. The van der Waals surface area contributed by atoms with E-state index < -0.39 is 11.2 Å². The molecule has 2 N–H and O–H groups in total. The van der Waals surface area contributed by atoms with Gasteiger partial charge in [0.25, 0.3) is 11.5 Å². The number of ether oxygens (including phenoxy) is 1. The van der Waals surface area contributed by atoms with E-state index in [1.807, 2.05) is 0 Å². The number of rotatable bonds is 6. The van der Waals surface area contributed by atoms with Crippen molar-refractivity contribution in [1.29, 1.82) is 0 Å². The molecule has 0 atom stereocenters. The van der Waals surface area contributed by atoms with Crippen molar-refractivity contribution in [3.63, 3.8) is 0 Å². The van der Waals surface area contributed by atoms with Crippen molar-refractivity contribution < 1.29 is 9.53 Å². The fourth-order valence-corrected chi connectivity index (χ4v) is 5.30. The highest BCUT2D eigenvalue weighted by molar-refractivity contribution is 14.1. The Bertz CT molecular complexity index is 1510. The molecule has 0 radical (unpaired) electrons. The van der Waals surface area contributed by atoms with Crippen molar-refractivity contribution in [2.45, 2.75) is 0 Å². The zero-order chi connectivity index (χ0) is 24.2. The summed E-state index contributed by atoms with van der Waals surface area (Å²) in [4.78, 5) is 39.8. The molecule has 0 aliphatic rings. The molecule has 0 aliphatic carbocycles. The van der Waals surface area contributed by atoms with Crippen molar-refractivity contribution in [1.82, 2.24) is 9.66 Å². The van der Waals surface area contributed by atoms with Crippen LogP contribution in [0.4, 0.5) is 5.69 Å². The maximum absolute atomic E-state index is 12.6. The number of benzene rings is 3. The molecular formula is C23H15ClI2N4O4. The molecule has 172 valence electrons. The van der Waals surface area contributed by atoms with Gasteiger partial charge in [0, 0.05) is 10.7 Å². The van der Waals surface area contributed by atoms with Crippen molar-refractivity contribution in [3.8, 4) is 5.75 Å². The number of amides is 1. The first-order valence-electron chi connectivity index (χ1n) is 9.77. The van der Waals surface area contributed by atoms with E-state index in [0.717, 1.165) is 11.8 Å². The first kappa shape index (κ1) is 24.4. The van der Waals surface area contributed by atoms with Gasteiger partial charge in [0.2, 0.25) is 0 Å². The molecular weight excluding hydrogens is 686 g/mol. The summed E-state index contributed by atoms with van der Waals surface area (Å²) in [6.07, 6.45) is 1.42. The molecule has 4 rings (SSSR count). The van der Waals surface area contributed by atoms with Gasteiger partial charge >= 0.3 is 5.69 Å². The molecule has 0 fully saturated rings. The normalized spacial score (nSPS) is 11.1. The maximum Gasteiger partial charge on any atom is 0.349 e. The lowest BCUT2D eigenvalue weighted by Crippen LogP contribution is -2.32. The molecule has 0 saturated carbocycles. The topological polar surface area (TPSA) is 106 Å². The minimum absolute atomic E-state index is 0.177. The molecule has 0 unspecified atom stereocenters. The third kappa shape index (κ3) is 5.67. The highest BCUT2D eigenvalue weighted by atomic mass is 127. The summed E-state index contributed by atoms with van der Waals surface area (Å²) < 4.78 is 7.99. The Morgan fingerprint density at radius 3 is 2.47 bits per heavy atom. The Balaban J connectivity index is 1.49. The molecule has 0 spiro atoms. The quantitative estimate of drug-likeness (QED) is 0.229. The molecule has 34 heavy (non-hydrogen) atoms. The molecule has 1 amide bonds. The van der Waals surface area contributed by atoms with E-state index >= 15 is 0 Å². The van der Waals surface area contributed by atoms with E-state index in [2.05, 4.69) is 60.6 Å². The first-order valence-corrected chi connectivity index (χ1v) is 12.3. The van der Waals surface area contributed by atoms with Gasteiger partial charge in [-0.2, -0.15) is 5.10 Å². The van der Waals surface area contributed by atoms with E-state index in [1.165, 1.54) is 6.21 Å². The van der Waals surface area contributed by atoms with Crippen LogP contribution in [0.5, 0.6) is 5.75 Å². The fraction of sp³-hybridized carbons (Fsp3) is 0.0435. The highest BCUT2D eigenvalue weighted by Crippen LogP contribution is 2.28. The van der Waals surface area contributed by atoms with E-state index in [0.29, 0.717) is 32.9 Å². The van der Waals surface area contributed by atoms with Crippen molar-refractivity contribution in [2.24, 2.45) is 5.10 Å². The average Bonchev–Trinajstić information content (AvgIpc) is 2.80. The van der Waals surface area contributed by atoms with Crippen LogP contribution >= 0.6 is 56.8 Å². The van der Waals surface area contributed by atoms with Gasteiger partial charge in [0.05, 0.1) is 24.3 Å². The predicted octanol–water partition coefficient (Wildman–Crippen LogP) is 4.45. The van der Waals surface area contributed by atoms with Crippen LogP contribution in [0.2, 0.25) is 5.02 Å². The molecule has 1 heterocycles. The summed E-state index contributed by atoms with van der Waals surface area (Å²) in [6, 6.07) is 17.1. The summed E-state index contributed by atoms with van der Waals surface area (Å²) in [7, 11) is 0. The van der Waals surface area contributed by atoms with Gasteiger partial charge < -0.3 is 15.0 Å². The number of anilines is 1. The lowest BCUT2D eigenvalue weighted by atomic mass is 10.2.